The van der Waals surface area contributed by atoms with E-state index in [9.17, 15) is 24.9 Å². The van der Waals surface area contributed by atoms with Gasteiger partial charge in [0.25, 0.3) is 0 Å². The molecule has 0 aromatic rings. The van der Waals surface area contributed by atoms with E-state index in [4.69, 9.17) is 18.9 Å². The number of rotatable bonds is 7. The van der Waals surface area contributed by atoms with Gasteiger partial charge in [0.2, 0.25) is 0 Å². The molecule has 0 amide bonds. The summed E-state index contributed by atoms with van der Waals surface area (Å²) in [6.07, 6.45) is 8.15. The first-order valence-electron chi connectivity index (χ1n) is 20.3. The SMILES string of the molecule is CC(=O)O[C@@H](C1C[C@@H](C)[C@H]2C(O1)[C@H](O)[C@@]1(C)C3CC[C@H]4C(C)(C)C(O[C@H]5CN(C6(C(=O)O)CCC6)CCO5)CC[C@@]45C[C@@]35CC[C@]21C)C(C)(C)O. The number of carboxylic acids is 1. The highest BCUT2D eigenvalue weighted by Gasteiger charge is 2.84. The zero-order valence-corrected chi connectivity index (χ0v) is 32.4. The molecule has 288 valence electrons. The molecule has 0 aromatic heterocycles. The molecule has 8 aliphatic rings. The van der Waals surface area contributed by atoms with Crippen LogP contribution < -0.4 is 0 Å². The van der Waals surface area contributed by atoms with Crippen LogP contribution in [0, 0.1) is 50.7 Å². The summed E-state index contributed by atoms with van der Waals surface area (Å²) >= 11 is 0. The minimum atomic E-state index is -1.27. The molecule has 8 rings (SSSR count). The second-order valence-electron chi connectivity index (χ2n) is 20.3. The zero-order chi connectivity index (χ0) is 36.7. The van der Waals surface area contributed by atoms with Gasteiger partial charge in [0, 0.05) is 18.9 Å². The van der Waals surface area contributed by atoms with Crippen molar-refractivity contribution in [1.82, 2.24) is 4.90 Å². The maximum absolute atomic E-state index is 12.6. The standard InChI is InChI=1S/C41H65NO9/c1-23-20-25(33(36(5,6)47)49-24(2)43)50-31-30(23)37(7)16-17-40-22-39(40)15-12-28(35(3,4)26(39)10-11-27(40)38(37,8)32(31)44)51-29-21-42(18-19-48-29)41(34(45)46)13-9-14-41/h23,25-33,44,47H,9-22H2,1-8H3,(H,45,46)/t23-,25?,26+,27?,28?,29+,30+,31?,32+,33+,37-,38-,39-,40+/m1/s1. The summed E-state index contributed by atoms with van der Waals surface area (Å²) in [4.78, 5) is 26.5. The van der Waals surface area contributed by atoms with E-state index in [1.54, 1.807) is 13.8 Å². The molecule has 51 heavy (non-hydrogen) atoms. The molecule has 0 aromatic carbocycles. The molecule has 0 radical (unpaired) electrons. The van der Waals surface area contributed by atoms with Crippen LogP contribution in [-0.4, -0.2) is 99.8 Å². The lowest BCUT2D eigenvalue weighted by Crippen LogP contribution is -2.64. The molecule has 3 N–H and O–H groups in total. The monoisotopic (exact) mass is 715 g/mol. The van der Waals surface area contributed by atoms with Crippen LogP contribution in [0.5, 0.6) is 0 Å². The Morgan fingerprint density at radius 3 is 2.29 bits per heavy atom. The molecule has 8 fully saturated rings. The smallest absolute Gasteiger partial charge is 0.324 e. The zero-order valence-electron chi connectivity index (χ0n) is 32.4. The van der Waals surface area contributed by atoms with Crippen molar-refractivity contribution in [1.29, 1.82) is 0 Å². The van der Waals surface area contributed by atoms with E-state index in [0.29, 0.717) is 50.8 Å². The van der Waals surface area contributed by atoms with Crippen molar-refractivity contribution in [3.8, 4) is 0 Å². The van der Waals surface area contributed by atoms with Gasteiger partial charge in [-0.1, -0.05) is 34.6 Å². The highest BCUT2D eigenvalue weighted by atomic mass is 16.7. The second kappa shape index (κ2) is 11.6. The van der Waals surface area contributed by atoms with Crippen LogP contribution >= 0.6 is 0 Å². The predicted molar refractivity (Wildman–Crippen MR) is 188 cm³/mol. The van der Waals surface area contributed by atoms with Gasteiger partial charge >= 0.3 is 11.9 Å². The van der Waals surface area contributed by atoms with Gasteiger partial charge in [0.05, 0.1) is 43.2 Å². The Hall–Kier alpha value is -1.30. The molecule has 10 heteroatoms. The first-order chi connectivity index (χ1) is 23.8. The molecule has 10 nitrogen and oxygen atoms in total. The number of hydrogen-bond acceptors (Lipinski definition) is 9. The lowest BCUT2D eigenvalue weighted by atomic mass is 9.41. The molecule has 4 unspecified atom stereocenters. The number of nitrogens with zero attached hydrogens (tertiary/aromatic N) is 1. The van der Waals surface area contributed by atoms with E-state index in [1.807, 2.05) is 0 Å². The van der Waals surface area contributed by atoms with Gasteiger partial charge in [-0.25, -0.2) is 0 Å². The minimum Gasteiger partial charge on any atom is -0.480 e. The van der Waals surface area contributed by atoms with E-state index in [1.165, 1.54) is 19.8 Å². The van der Waals surface area contributed by atoms with Crippen LogP contribution in [-0.2, 0) is 28.5 Å². The average molecular weight is 716 g/mol. The Kier molecular flexibility index (Phi) is 8.35. The number of ether oxygens (including phenoxy) is 4. The third-order valence-electron chi connectivity index (χ3n) is 17.6. The number of aliphatic hydroxyl groups is 2. The third-order valence-corrected chi connectivity index (χ3v) is 17.6. The van der Waals surface area contributed by atoms with Gasteiger partial charge in [-0.3, -0.25) is 14.5 Å². The fraction of sp³-hybridized carbons (Fsp3) is 0.951. The van der Waals surface area contributed by atoms with Gasteiger partial charge in [0.15, 0.2) is 12.4 Å². The van der Waals surface area contributed by atoms with E-state index < -0.39 is 47.7 Å². The summed E-state index contributed by atoms with van der Waals surface area (Å²) in [6.45, 7) is 18.3. The number of carboxylic acid groups (broad SMARTS) is 1. The third kappa shape index (κ3) is 4.80. The predicted octanol–water partition coefficient (Wildman–Crippen LogP) is 5.55. The van der Waals surface area contributed by atoms with Crippen LogP contribution in [0.15, 0.2) is 0 Å². The lowest BCUT2D eigenvalue weighted by Gasteiger charge is -2.64. The molecular weight excluding hydrogens is 650 g/mol. The number of carbonyl (C=O) groups is 2. The number of morpholine rings is 1. The first kappa shape index (κ1) is 36.7. The van der Waals surface area contributed by atoms with Crippen LogP contribution in [0.25, 0.3) is 0 Å². The maximum atomic E-state index is 12.6. The molecule has 14 atom stereocenters. The summed E-state index contributed by atoms with van der Waals surface area (Å²) in [5, 5.41) is 33.7. The fourth-order valence-corrected chi connectivity index (χ4v) is 15.1. The Morgan fingerprint density at radius 1 is 0.980 bits per heavy atom. The van der Waals surface area contributed by atoms with E-state index in [0.717, 1.165) is 38.5 Å². The quantitative estimate of drug-likeness (QED) is 0.288. The molecule has 2 spiro atoms. The van der Waals surface area contributed by atoms with Gasteiger partial charge in [0.1, 0.15) is 5.54 Å². The van der Waals surface area contributed by atoms with Crippen molar-refractivity contribution >= 4 is 11.9 Å². The number of esters is 1. The average Bonchev–Trinajstić information content (AvgIpc) is 3.65. The summed E-state index contributed by atoms with van der Waals surface area (Å²) in [5.74, 6) is 0.194. The number of fused-ring (bicyclic) bond motifs is 4. The summed E-state index contributed by atoms with van der Waals surface area (Å²) < 4.78 is 25.6. The van der Waals surface area contributed by atoms with Crippen molar-refractivity contribution in [2.24, 2.45) is 50.7 Å². The van der Waals surface area contributed by atoms with Crippen molar-refractivity contribution in [2.75, 3.05) is 19.7 Å². The Balaban J connectivity index is 1.02. The van der Waals surface area contributed by atoms with Crippen LogP contribution in [0.2, 0.25) is 0 Å². The Bertz CT molecular complexity index is 1420. The molecule has 0 bridgehead atoms. The topological polar surface area (TPSA) is 135 Å². The van der Waals surface area contributed by atoms with Crippen LogP contribution in [0.3, 0.4) is 0 Å². The van der Waals surface area contributed by atoms with Gasteiger partial charge < -0.3 is 34.3 Å². The largest absolute Gasteiger partial charge is 0.480 e. The molecule has 6 aliphatic carbocycles. The normalized spacial score (nSPS) is 50.3. The Morgan fingerprint density at radius 2 is 1.67 bits per heavy atom. The maximum Gasteiger partial charge on any atom is 0.324 e. The highest BCUT2D eigenvalue weighted by Crippen LogP contribution is 2.89. The van der Waals surface area contributed by atoms with E-state index >= 15 is 0 Å². The molecular formula is C41H65NO9. The molecule has 2 saturated heterocycles. The van der Waals surface area contributed by atoms with Crippen molar-refractivity contribution in [3.63, 3.8) is 0 Å². The molecule has 6 saturated carbocycles. The van der Waals surface area contributed by atoms with Crippen molar-refractivity contribution < 1.29 is 43.9 Å². The number of hydrogen-bond donors (Lipinski definition) is 3. The summed E-state index contributed by atoms with van der Waals surface area (Å²) in [5.41, 5.74) is -2.05. The van der Waals surface area contributed by atoms with Gasteiger partial charge in [-0.2, -0.15) is 0 Å². The number of aliphatic carboxylic acids is 1. The fourth-order valence-electron chi connectivity index (χ4n) is 15.1. The summed E-state index contributed by atoms with van der Waals surface area (Å²) in [7, 11) is 0. The number of aliphatic hydroxyl groups excluding tert-OH is 1. The second-order valence-corrected chi connectivity index (χ2v) is 20.3. The van der Waals surface area contributed by atoms with E-state index in [2.05, 4.69) is 39.5 Å². The molecule has 2 heterocycles. The van der Waals surface area contributed by atoms with Crippen molar-refractivity contribution in [2.45, 2.75) is 174 Å². The summed E-state index contributed by atoms with van der Waals surface area (Å²) in [6, 6.07) is 0. The van der Waals surface area contributed by atoms with Crippen LogP contribution in [0.1, 0.15) is 126 Å². The lowest BCUT2D eigenvalue weighted by molar-refractivity contribution is -0.257. The Labute approximate surface area is 304 Å². The van der Waals surface area contributed by atoms with Gasteiger partial charge in [-0.15, -0.1) is 0 Å². The minimum absolute atomic E-state index is 0.0472. The highest BCUT2D eigenvalue weighted by molar-refractivity contribution is 5.80. The number of carbonyl (C=O) groups excluding carboxylic acids is 1. The van der Waals surface area contributed by atoms with E-state index in [-0.39, 0.29) is 51.1 Å². The molecule has 2 aliphatic heterocycles. The van der Waals surface area contributed by atoms with Gasteiger partial charge in [-0.05, 0) is 130 Å². The van der Waals surface area contributed by atoms with Crippen molar-refractivity contribution in [3.05, 3.63) is 0 Å². The first-order valence-corrected chi connectivity index (χ1v) is 20.3. The van der Waals surface area contributed by atoms with Crippen LogP contribution in [0.4, 0.5) is 0 Å².